The number of fused-ring (bicyclic) bond motifs is 8. The van der Waals surface area contributed by atoms with Crippen LogP contribution in [-0.4, -0.2) is 175 Å². The van der Waals surface area contributed by atoms with Gasteiger partial charge in [-0.05, 0) is 165 Å². The summed E-state index contributed by atoms with van der Waals surface area (Å²) in [7, 11) is 0. The monoisotopic (exact) mass is 1200 g/mol. The van der Waals surface area contributed by atoms with E-state index < -0.39 is 0 Å². The molecule has 0 radical (unpaired) electrons. The lowest BCUT2D eigenvalue weighted by molar-refractivity contribution is -0.130. The number of rotatable bonds is 24. The van der Waals surface area contributed by atoms with E-state index in [9.17, 15) is 19.2 Å². The molecule has 4 aliphatic heterocycles. The molecule has 88 heavy (non-hydrogen) atoms. The highest BCUT2D eigenvalue weighted by atomic mass is 16.5. The zero-order valence-corrected chi connectivity index (χ0v) is 52.6. The number of nitrogens with zero attached hydrogens (tertiary/aromatic N) is 4. The molecule has 4 heterocycles. The summed E-state index contributed by atoms with van der Waals surface area (Å²) in [6, 6.07) is 17.1. The van der Waals surface area contributed by atoms with Crippen molar-refractivity contribution in [1.29, 1.82) is 0 Å². The molecule has 4 aromatic carbocycles. The number of carbonyl (C=O) groups is 4. The summed E-state index contributed by atoms with van der Waals surface area (Å²) in [5.74, 6) is 2.62. The van der Waals surface area contributed by atoms with Crippen LogP contribution in [0, 0.1) is 0 Å². The lowest BCUT2D eigenvalue weighted by Crippen LogP contribution is -2.39. The molecule has 1 aliphatic carbocycles. The number of ether oxygens (including phenoxy) is 8. The van der Waals surface area contributed by atoms with Gasteiger partial charge in [0.15, 0.2) is 0 Å². The fourth-order valence-corrected chi connectivity index (χ4v) is 11.6. The average molecular weight is 1210 g/mol. The third-order valence-electron chi connectivity index (χ3n) is 16.5. The first-order valence-electron chi connectivity index (χ1n) is 32.4. The zero-order chi connectivity index (χ0) is 61.5. The van der Waals surface area contributed by atoms with Crippen LogP contribution < -0.4 is 18.9 Å². The zero-order valence-electron chi connectivity index (χ0n) is 52.6. The predicted octanol–water partition coefficient (Wildman–Crippen LogP) is 10.6. The molecule has 0 saturated carbocycles. The minimum absolute atomic E-state index is 0.0857. The predicted molar refractivity (Wildman–Crippen MR) is 344 cm³/mol. The van der Waals surface area contributed by atoms with Crippen molar-refractivity contribution in [2.75, 3.05) is 132 Å². The molecule has 472 valence electrons. The molecule has 8 bridgehead atoms. The molecule has 4 amide bonds. The van der Waals surface area contributed by atoms with Gasteiger partial charge >= 0.3 is 0 Å². The number of amides is 4. The van der Waals surface area contributed by atoms with Crippen molar-refractivity contribution in [3.63, 3.8) is 0 Å². The largest absolute Gasteiger partial charge is 0.493 e. The second-order valence-electron chi connectivity index (χ2n) is 23.3. The highest BCUT2D eigenvalue weighted by molar-refractivity contribution is 5.94. The maximum absolute atomic E-state index is 13.9. The van der Waals surface area contributed by atoms with Crippen molar-refractivity contribution in [2.45, 2.75) is 105 Å². The third-order valence-corrected chi connectivity index (χ3v) is 16.5. The molecule has 4 fully saturated rings. The lowest BCUT2D eigenvalue weighted by atomic mass is 9.88. The molecule has 0 atom stereocenters. The molecular formula is C72H92N4O12. The molecule has 4 saturated heterocycles. The Balaban J connectivity index is 1.32. The lowest BCUT2D eigenvalue weighted by Gasteiger charge is -2.26. The van der Waals surface area contributed by atoms with Gasteiger partial charge < -0.3 is 57.5 Å². The van der Waals surface area contributed by atoms with Gasteiger partial charge in [0.2, 0.25) is 23.6 Å². The Hall–Kier alpha value is -7.24. The van der Waals surface area contributed by atoms with Gasteiger partial charge in [0.05, 0.1) is 79.3 Å². The molecule has 16 nitrogen and oxygen atoms in total. The molecule has 9 rings (SSSR count). The fraction of sp³-hybridized carbons (Fsp3) is 0.500. The Morgan fingerprint density at radius 1 is 0.330 bits per heavy atom. The van der Waals surface area contributed by atoms with Crippen molar-refractivity contribution in [3.8, 4) is 23.0 Å². The standard InChI is InChI=1S/C72H92N4O12/c1-5-9-29-85-69-57-41-53(13-17-65(77)73-21-33-81-34-22-73)42-58(69)50-60-44-55(15-19-67(79)75-25-37-83-38-26-75)46-62(71(60)87-31-11-7-3)52-64-48-56(16-20-68(80)76-27-39-84-40-28-76)47-63(72(64)88-32-12-8-4)51-61-45-54(14-18-66(78)74-23-35-82-36-24-74)43-59(49-57)70(61)86-30-10-6-2/h13-20,41-48H,5-12,21-40,49-52H2,1-4H3/b17-13+,18-14+,19-15+,20-16?. The molecule has 4 aromatic rings. The highest BCUT2D eigenvalue weighted by Crippen LogP contribution is 2.42. The van der Waals surface area contributed by atoms with E-state index in [4.69, 9.17) is 37.9 Å². The van der Waals surface area contributed by atoms with Crippen LogP contribution >= 0.6 is 0 Å². The van der Waals surface area contributed by atoms with Gasteiger partial charge in [-0.15, -0.1) is 0 Å². The van der Waals surface area contributed by atoms with Crippen molar-refractivity contribution in [2.24, 2.45) is 0 Å². The number of morpholine rings is 4. The van der Waals surface area contributed by atoms with Gasteiger partial charge in [-0.1, -0.05) is 53.4 Å². The van der Waals surface area contributed by atoms with Gasteiger partial charge in [0.1, 0.15) is 23.0 Å². The second kappa shape index (κ2) is 33.9. The van der Waals surface area contributed by atoms with Crippen LogP contribution in [0.5, 0.6) is 23.0 Å². The van der Waals surface area contributed by atoms with Crippen molar-refractivity contribution < 1.29 is 57.1 Å². The number of hydrogen-bond donors (Lipinski definition) is 0. The summed E-state index contributed by atoms with van der Waals surface area (Å²) >= 11 is 0. The third kappa shape index (κ3) is 18.4. The van der Waals surface area contributed by atoms with Gasteiger partial charge in [-0.25, -0.2) is 0 Å². The molecular weight excluding hydrogens is 1110 g/mol. The van der Waals surface area contributed by atoms with E-state index in [-0.39, 0.29) is 23.6 Å². The normalized spacial score (nSPS) is 16.7. The topological polar surface area (TPSA) is 155 Å². The van der Waals surface area contributed by atoms with Crippen LogP contribution in [0.25, 0.3) is 24.3 Å². The van der Waals surface area contributed by atoms with E-state index in [0.29, 0.717) is 157 Å². The minimum Gasteiger partial charge on any atom is -0.493 e. The van der Waals surface area contributed by atoms with Crippen LogP contribution in [0.2, 0.25) is 0 Å². The van der Waals surface area contributed by atoms with E-state index in [2.05, 4.69) is 76.2 Å². The Kier molecular flexibility index (Phi) is 25.1. The minimum atomic E-state index is -0.0857. The summed E-state index contributed by atoms with van der Waals surface area (Å²) in [5, 5.41) is 0. The number of unbranched alkanes of at least 4 members (excludes halogenated alkanes) is 4. The van der Waals surface area contributed by atoms with E-state index in [1.165, 1.54) is 0 Å². The molecule has 0 N–H and O–H groups in total. The summed E-state index contributed by atoms with van der Waals surface area (Å²) in [4.78, 5) is 62.9. The van der Waals surface area contributed by atoms with Crippen molar-refractivity contribution in [3.05, 3.63) is 140 Å². The summed E-state index contributed by atoms with van der Waals surface area (Å²) in [6.45, 7) is 18.6. The first-order chi connectivity index (χ1) is 43.1. The number of benzene rings is 4. The number of carbonyl (C=O) groups excluding carboxylic acids is 4. The van der Waals surface area contributed by atoms with Crippen LogP contribution in [0.4, 0.5) is 0 Å². The van der Waals surface area contributed by atoms with Crippen LogP contribution in [0.1, 0.15) is 146 Å². The van der Waals surface area contributed by atoms with Gasteiger partial charge in [-0.3, -0.25) is 19.2 Å². The van der Waals surface area contributed by atoms with E-state index >= 15 is 0 Å². The Morgan fingerprint density at radius 3 is 0.682 bits per heavy atom. The van der Waals surface area contributed by atoms with Gasteiger partial charge in [-0.2, -0.15) is 0 Å². The summed E-state index contributed by atoms with van der Waals surface area (Å²) < 4.78 is 50.8. The van der Waals surface area contributed by atoms with Gasteiger partial charge in [0.25, 0.3) is 0 Å². The first kappa shape index (κ1) is 65.2. The fourth-order valence-electron chi connectivity index (χ4n) is 11.6. The van der Waals surface area contributed by atoms with Gasteiger partial charge in [0, 0.05) is 102 Å². The van der Waals surface area contributed by atoms with E-state index in [1.807, 2.05) is 43.9 Å². The second-order valence-corrected chi connectivity index (χ2v) is 23.3. The highest BCUT2D eigenvalue weighted by Gasteiger charge is 2.26. The SMILES string of the molecule is CCCCOc1c2cc(C=CC(=O)N3CCOCC3)cc1Cc1cc(/C=C/C(=O)N3CCOCC3)cc(c1OCCCC)Cc1cc(/C=C/C(=O)N3CCOCC3)cc(c1OCCCC)Cc1cc(/C=C/C(=O)N3CCOCC3)cc(c1OCCCC)C2. The molecule has 0 spiro atoms. The van der Waals surface area contributed by atoms with Crippen molar-refractivity contribution in [1.82, 2.24) is 19.6 Å². The van der Waals surface area contributed by atoms with E-state index in [1.54, 1.807) is 24.3 Å². The average Bonchev–Trinajstić information content (AvgIpc) is 3.06. The maximum atomic E-state index is 13.9. The Bertz CT molecular complexity index is 2620. The molecule has 0 aromatic heterocycles. The molecule has 16 heteroatoms. The summed E-state index contributed by atoms with van der Waals surface area (Å²) in [5.41, 5.74) is 10.5. The smallest absolute Gasteiger partial charge is 0.246 e. The Labute approximate surface area is 521 Å². The Morgan fingerprint density at radius 2 is 0.511 bits per heavy atom. The summed E-state index contributed by atoms with van der Waals surface area (Å²) in [6.07, 6.45) is 22.8. The van der Waals surface area contributed by atoms with Crippen LogP contribution in [-0.2, 0) is 63.8 Å². The first-order valence-corrected chi connectivity index (χ1v) is 32.4. The van der Waals surface area contributed by atoms with E-state index in [0.717, 1.165) is 141 Å². The quantitative estimate of drug-likeness (QED) is 0.0426. The molecule has 5 aliphatic rings. The number of hydrogen-bond acceptors (Lipinski definition) is 12. The van der Waals surface area contributed by atoms with Crippen LogP contribution in [0.15, 0.2) is 72.8 Å². The maximum Gasteiger partial charge on any atom is 0.246 e. The molecule has 0 unspecified atom stereocenters. The van der Waals surface area contributed by atoms with Crippen LogP contribution in [0.3, 0.4) is 0 Å². The van der Waals surface area contributed by atoms with Crippen molar-refractivity contribution >= 4 is 47.9 Å².